The van der Waals surface area contributed by atoms with Crippen molar-refractivity contribution in [1.82, 2.24) is 4.90 Å². The minimum Gasteiger partial charge on any atom is -0.482 e. The Balaban J connectivity index is 1.61. The quantitative estimate of drug-likeness (QED) is 0.453. The van der Waals surface area contributed by atoms with Crippen molar-refractivity contribution in [2.24, 2.45) is 0 Å². The van der Waals surface area contributed by atoms with Crippen LogP contribution in [0.1, 0.15) is 5.56 Å². The predicted octanol–water partition coefficient (Wildman–Crippen LogP) is 3.68. The molecule has 1 aliphatic heterocycles. The minimum atomic E-state index is -0.535. The summed E-state index contributed by atoms with van der Waals surface area (Å²) in [4.78, 5) is 49.3. The van der Waals surface area contributed by atoms with Crippen LogP contribution in [-0.4, -0.2) is 48.2 Å². The molecule has 8 nitrogen and oxygen atoms in total. The highest BCUT2D eigenvalue weighted by Gasteiger charge is 2.36. The molecule has 0 radical (unpaired) electrons. The van der Waals surface area contributed by atoms with Crippen LogP contribution in [0.3, 0.4) is 0 Å². The maximum atomic E-state index is 12.6. The van der Waals surface area contributed by atoms with Gasteiger partial charge in [-0.15, -0.1) is 0 Å². The van der Waals surface area contributed by atoms with Gasteiger partial charge in [-0.25, -0.2) is 4.79 Å². The number of esters is 1. The van der Waals surface area contributed by atoms with Crippen LogP contribution >= 0.6 is 27.7 Å². The molecule has 0 spiro atoms. The van der Waals surface area contributed by atoms with Crippen molar-refractivity contribution in [3.63, 3.8) is 0 Å². The van der Waals surface area contributed by atoms with Gasteiger partial charge in [0.1, 0.15) is 12.3 Å². The number of halogens is 1. The third kappa shape index (κ3) is 6.19. The molecule has 1 heterocycles. The number of carbonyl (C=O) groups excluding carboxylic acids is 4. The lowest BCUT2D eigenvalue weighted by molar-refractivity contribution is -0.142. The van der Waals surface area contributed by atoms with Gasteiger partial charge in [-0.3, -0.25) is 19.3 Å². The molecule has 0 unspecified atom stereocenters. The van der Waals surface area contributed by atoms with Crippen molar-refractivity contribution in [1.29, 1.82) is 0 Å². The summed E-state index contributed by atoms with van der Waals surface area (Å²) in [6, 6.07) is 13.6. The zero-order valence-corrected chi connectivity index (χ0v) is 18.7. The number of rotatable bonds is 7. The second-order valence-electron chi connectivity index (χ2n) is 6.26. The standard InChI is InChI=1S/C21H17BrN2O6S/c1-29-19(26)12-30-16-8-2-13(3-9-16)10-17-20(27)24(21(28)31-17)11-18(25)23-15-6-4-14(22)5-7-15/h2-10H,11-12H2,1H3,(H,23,25)/b17-10-. The van der Waals surface area contributed by atoms with Crippen molar-refractivity contribution in [3.8, 4) is 5.75 Å². The molecule has 0 atom stereocenters. The van der Waals surface area contributed by atoms with Gasteiger partial charge in [0.25, 0.3) is 11.1 Å². The van der Waals surface area contributed by atoms with Crippen molar-refractivity contribution in [2.45, 2.75) is 0 Å². The van der Waals surface area contributed by atoms with E-state index in [1.54, 1.807) is 54.6 Å². The van der Waals surface area contributed by atoms with E-state index in [0.717, 1.165) is 21.1 Å². The average molecular weight is 505 g/mol. The summed E-state index contributed by atoms with van der Waals surface area (Å²) in [6.45, 7) is -0.588. The lowest BCUT2D eigenvalue weighted by Gasteiger charge is -2.12. The van der Waals surface area contributed by atoms with E-state index >= 15 is 0 Å². The van der Waals surface area contributed by atoms with Crippen LogP contribution in [0.25, 0.3) is 6.08 Å². The molecule has 3 amide bonds. The first-order valence-corrected chi connectivity index (χ1v) is 10.6. The smallest absolute Gasteiger partial charge is 0.343 e. The number of anilines is 1. The molecule has 1 aliphatic rings. The number of carbonyl (C=O) groups is 4. The largest absolute Gasteiger partial charge is 0.482 e. The van der Waals surface area contributed by atoms with Gasteiger partial charge in [-0.2, -0.15) is 0 Å². The molecule has 0 bridgehead atoms. The van der Waals surface area contributed by atoms with E-state index in [4.69, 9.17) is 4.74 Å². The maximum Gasteiger partial charge on any atom is 0.343 e. The van der Waals surface area contributed by atoms with Crippen LogP contribution in [0.4, 0.5) is 10.5 Å². The molecule has 1 fully saturated rings. The predicted molar refractivity (Wildman–Crippen MR) is 119 cm³/mol. The van der Waals surface area contributed by atoms with Gasteiger partial charge in [-0.1, -0.05) is 28.1 Å². The third-order valence-corrected chi connectivity index (χ3v) is 5.50. The van der Waals surface area contributed by atoms with E-state index in [9.17, 15) is 19.2 Å². The van der Waals surface area contributed by atoms with Gasteiger partial charge < -0.3 is 14.8 Å². The number of nitrogens with one attached hydrogen (secondary N) is 1. The van der Waals surface area contributed by atoms with Gasteiger partial charge in [0, 0.05) is 10.2 Å². The molecule has 2 aromatic carbocycles. The van der Waals surface area contributed by atoms with E-state index in [0.29, 0.717) is 17.0 Å². The Hall–Kier alpha value is -3.11. The second-order valence-corrected chi connectivity index (χ2v) is 8.17. The number of methoxy groups -OCH3 is 1. The normalized spacial score (nSPS) is 14.6. The van der Waals surface area contributed by atoms with Crippen LogP contribution in [0.5, 0.6) is 5.75 Å². The van der Waals surface area contributed by atoms with Crippen molar-refractivity contribution >= 4 is 62.5 Å². The molecular formula is C21H17BrN2O6S. The van der Waals surface area contributed by atoms with Crippen molar-refractivity contribution in [3.05, 3.63) is 63.5 Å². The number of benzene rings is 2. The van der Waals surface area contributed by atoms with Gasteiger partial charge in [0.2, 0.25) is 5.91 Å². The number of nitrogens with zero attached hydrogens (tertiary/aromatic N) is 1. The van der Waals surface area contributed by atoms with E-state index < -0.39 is 23.0 Å². The molecule has 10 heteroatoms. The summed E-state index contributed by atoms with van der Waals surface area (Å²) in [7, 11) is 1.27. The number of imide groups is 1. The molecule has 31 heavy (non-hydrogen) atoms. The van der Waals surface area contributed by atoms with Crippen LogP contribution < -0.4 is 10.1 Å². The monoisotopic (exact) mass is 504 g/mol. The van der Waals surface area contributed by atoms with Gasteiger partial charge in [0.15, 0.2) is 6.61 Å². The highest BCUT2D eigenvalue weighted by molar-refractivity contribution is 9.10. The summed E-state index contributed by atoms with van der Waals surface area (Å²) < 4.78 is 10.6. The van der Waals surface area contributed by atoms with Crippen LogP contribution in [0.15, 0.2) is 57.9 Å². The first-order valence-electron chi connectivity index (χ1n) is 8.96. The van der Waals surface area contributed by atoms with Gasteiger partial charge in [0.05, 0.1) is 12.0 Å². The lowest BCUT2D eigenvalue weighted by atomic mass is 10.2. The maximum absolute atomic E-state index is 12.6. The molecule has 160 valence electrons. The van der Waals surface area contributed by atoms with Crippen LogP contribution in [0.2, 0.25) is 0 Å². The SMILES string of the molecule is COC(=O)COc1ccc(/C=C2\SC(=O)N(CC(=O)Nc3ccc(Br)cc3)C2=O)cc1. The van der Waals surface area contributed by atoms with E-state index in [-0.39, 0.29) is 18.1 Å². The molecule has 0 aliphatic carbocycles. The highest BCUT2D eigenvalue weighted by Crippen LogP contribution is 2.32. The summed E-state index contributed by atoms with van der Waals surface area (Å²) in [5.74, 6) is -1.05. The molecule has 2 aromatic rings. The van der Waals surface area contributed by atoms with E-state index in [1.165, 1.54) is 7.11 Å². The van der Waals surface area contributed by atoms with Crippen molar-refractivity contribution in [2.75, 3.05) is 25.6 Å². The molecule has 1 saturated heterocycles. The Labute approximate surface area is 190 Å². The summed E-state index contributed by atoms with van der Waals surface area (Å²) in [5.41, 5.74) is 1.22. The second kappa shape index (κ2) is 10.3. The topological polar surface area (TPSA) is 102 Å². The first-order chi connectivity index (χ1) is 14.9. The zero-order valence-electron chi connectivity index (χ0n) is 16.3. The van der Waals surface area contributed by atoms with Crippen molar-refractivity contribution < 1.29 is 28.7 Å². The Morgan fingerprint density at radius 3 is 2.42 bits per heavy atom. The van der Waals surface area contributed by atoms with Crippen LogP contribution in [0, 0.1) is 0 Å². The Kier molecular flexibility index (Phi) is 7.48. The first kappa shape index (κ1) is 22.6. The molecule has 0 saturated carbocycles. The number of hydrogen-bond donors (Lipinski definition) is 1. The van der Waals surface area contributed by atoms with Gasteiger partial charge >= 0.3 is 5.97 Å². The number of amides is 3. The lowest BCUT2D eigenvalue weighted by Crippen LogP contribution is -2.36. The molecule has 3 rings (SSSR count). The molecule has 1 N–H and O–H groups in total. The highest BCUT2D eigenvalue weighted by atomic mass is 79.9. The zero-order chi connectivity index (χ0) is 22.4. The summed E-state index contributed by atoms with van der Waals surface area (Å²) >= 11 is 4.08. The fraction of sp³-hybridized carbons (Fsp3) is 0.143. The van der Waals surface area contributed by atoms with E-state index in [1.807, 2.05) is 0 Å². The number of thioether (sulfide) groups is 1. The number of hydrogen-bond acceptors (Lipinski definition) is 7. The summed E-state index contributed by atoms with van der Waals surface area (Å²) in [6.07, 6.45) is 1.56. The average Bonchev–Trinajstić information content (AvgIpc) is 3.02. The van der Waals surface area contributed by atoms with Crippen LogP contribution in [-0.2, 0) is 19.1 Å². The van der Waals surface area contributed by atoms with E-state index in [2.05, 4.69) is 26.0 Å². The fourth-order valence-corrected chi connectivity index (χ4v) is 3.63. The molecular weight excluding hydrogens is 488 g/mol. The molecule has 0 aromatic heterocycles. The Bertz CT molecular complexity index is 1040. The third-order valence-electron chi connectivity index (χ3n) is 4.07. The summed E-state index contributed by atoms with van der Waals surface area (Å²) in [5, 5.41) is 2.14. The Morgan fingerprint density at radius 2 is 1.77 bits per heavy atom. The fourth-order valence-electron chi connectivity index (χ4n) is 2.53. The minimum absolute atomic E-state index is 0.211. The number of ether oxygens (including phenoxy) is 2. The van der Waals surface area contributed by atoms with Gasteiger partial charge in [-0.05, 0) is 59.8 Å². The Morgan fingerprint density at radius 1 is 1.10 bits per heavy atom.